The van der Waals surface area contributed by atoms with Crippen molar-refractivity contribution in [3.63, 3.8) is 0 Å². The third-order valence-electron chi connectivity index (χ3n) is 1.77. The maximum Gasteiger partial charge on any atom is 0.126 e. The Labute approximate surface area is 68.0 Å². The fourth-order valence-electron chi connectivity index (χ4n) is 1.01. The SMILES string of the molecule is CC(C)CC(C=O)C(C)(C)F. The molecule has 0 saturated heterocycles. The van der Waals surface area contributed by atoms with Gasteiger partial charge >= 0.3 is 0 Å². The second-order valence-corrected chi connectivity index (χ2v) is 3.94. The number of carbonyl (C=O) groups excluding carboxylic acids is 1. The van der Waals surface area contributed by atoms with Gasteiger partial charge in [0.15, 0.2) is 0 Å². The zero-order valence-corrected chi connectivity index (χ0v) is 7.73. The molecule has 1 nitrogen and oxygen atoms in total. The lowest BCUT2D eigenvalue weighted by Crippen LogP contribution is -2.28. The molecule has 0 saturated carbocycles. The number of rotatable bonds is 4. The van der Waals surface area contributed by atoms with Crippen molar-refractivity contribution < 1.29 is 9.18 Å². The lowest BCUT2D eigenvalue weighted by atomic mass is 9.87. The van der Waals surface area contributed by atoms with Crippen LogP contribution in [-0.4, -0.2) is 12.0 Å². The number of halogens is 1. The number of aldehydes is 1. The van der Waals surface area contributed by atoms with Gasteiger partial charge in [-0.05, 0) is 26.2 Å². The molecule has 0 fully saturated rings. The lowest BCUT2D eigenvalue weighted by Gasteiger charge is -2.23. The van der Waals surface area contributed by atoms with Gasteiger partial charge in [-0.2, -0.15) is 0 Å². The van der Waals surface area contributed by atoms with Crippen LogP contribution in [0.2, 0.25) is 0 Å². The van der Waals surface area contributed by atoms with Crippen LogP contribution >= 0.6 is 0 Å². The van der Waals surface area contributed by atoms with Crippen molar-refractivity contribution in [1.82, 2.24) is 0 Å². The van der Waals surface area contributed by atoms with E-state index in [1.807, 2.05) is 13.8 Å². The molecule has 0 bridgehead atoms. The van der Waals surface area contributed by atoms with Crippen molar-refractivity contribution in [1.29, 1.82) is 0 Å². The fraction of sp³-hybridized carbons (Fsp3) is 0.889. The first-order valence-corrected chi connectivity index (χ1v) is 4.02. The molecule has 0 aliphatic carbocycles. The van der Waals surface area contributed by atoms with E-state index >= 15 is 0 Å². The summed E-state index contributed by atoms with van der Waals surface area (Å²) in [6.45, 7) is 6.88. The third-order valence-corrected chi connectivity index (χ3v) is 1.77. The van der Waals surface area contributed by atoms with E-state index in [0.717, 1.165) is 6.29 Å². The van der Waals surface area contributed by atoms with Crippen LogP contribution in [0.3, 0.4) is 0 Å². The average Bonchev–Trinajstić information content (AvgIpc) is 1.79. The first kappa shape index (κ1) is 10.6. The van der Waals surface area contributed by atoms with E-state index in [-0.39, 0.29) is 0 Å². The second kappa shape index (κ2) is 3.84. The van der Waals surface area contributed by atoms with Gasteiger partial charge in [0.05, 0.1) is 0 Å². The molecule has 0 aromatic heterocycles. The highest BCUT2D eigenvalue weighted by Crippen LogP contribution is 2.25. The lowest BCUT2D eigenvalue weighted by molar-refractivity contribution is -0.115. The van der Waals surface area contributed by atoms with Gasteiger partial charge in [0.2, 0.25) is 0 Å². The maximum absolute atomic E-state index is 13.2. The summed E-state index contributed by atoms with van der Waals surface area (Å²) in [6, 6.07) is 0. The topological polar surface area (TPSA) is 17.1 Å². The van der Waals surface area contributed by atoms with Crippen molar-refractivity contribution in [2.24, 2.45) is 11.8 Å². The maximum atomic E-state index is 13.2. The van der Waals surface area contributed by atoms with E-state index in [4.69, 9.17) is 0 Å². The normalized spacial score (nSPS) is 15.1. The summed E-state index contributed by atoms with van der Waals surface area (Å²) >= 11 is 0. The number of alkyl halides is 1. The molecule has 11 heavy (non-hydrogen) atoms. The Bertz CT molecular complexity index is 124. The zero-order chi connectivity index (χ0) is 9.07. The monoisotopic (exact) mass is 160 g/mol. The van der Waals surface area contributed by atoms with Gasteiger partial charge in [0.1, 0.15) is 12.0 Å². The van der Waals surface area contributed by atoms with Crippen molar-refractivity contribution in [2.45, 2.75) is 39.8 Å². The fourth-order valence-corrected chi connectivity index (χ4v) is 1.01. The highest BCUT2D eigenvalue weighted by Gasteiger charge is 2.28. The molecule has 0 aromatic carbocycles. The van der Waals surface area contributed by atoms with Crippen LogP contribution in [0, 0.1) is 11.8 Å². The van der Waals surface area contributed by atoms with E-state index in [2.05, 4.69) is 0 Å². The van der Waals surface area contributed by atoms with Crippen LogP contribution in [0.15, 0.2) is 0 Å². The summed E-state index contributed by atoms with van der Waals surface area (Å²) in [5, 5.41) is 0. The van der Waals surface area contributed by atoms with Crippen molar-refractivity contribution >= 4 is 6.29 Å². The Balaban J connectivity index is 4.07. The number of carbonyl (C=O) groups is 1. The van der Waals surface area contributed by atoms with Crippen LogP contribution in [0.4, 0.5) is 4.39 Å². The molecule has 1 atom stereocenters. The number of hydrogen-bond acceptors (Lipinski definition) is 1. The van der Waals surface area contributed by atoms with Crippen LogP contribution in [0.5, 0.6) is 0 Å². The van der Waals surface area contributed by atoms with E-state index < -0.39 is 11.6 Å². The molecular formula is C9H17FO. The van der Waals surface area contributed by atoms with Crippen LogP contribution in [0.1, 0.15) is 34.1 Å². The van der Waals surface area contributed by atoms with Crippen molar-refractivity contribution in [3.8, 4) is 0 Å². The molecule has 0 aliphatic heterocycles. The molecule has 0 rings (SSSR count). The quantitative estimate of drug-likeness (QED) is 0.578. The minimum Gasteiger partial charge on any atom is -0.303 e. The predicted molar refractivity (Wildman–Crippen MR) is 44.2 cm³/mol. The van der Waals surface area contributed by atoms with Gasteiger partial charge < -0.3 is 4.79 Å². The summed E-state index contributed by atoms with van der Waals surface area (Å²) in [7, 11) is 0. The summed E-state index contributed by atoms with van der Waals surface area (Å²) in [5.41, 5.74) is -1.37. The second-order valence-electron chi connectivity index (χ2n) is 3.94. The molecule has 0 spiro atoms. The predicted octanol–water partition coefficient (Wildman–Crippen LogP) is 2.60. The van der Waals surface area contributed by atoms with E-state index in [0.29, 0.717) is 12.3 Å². The molecule has 1 unspecified atom stereocenters. The van der Waals surface area contributed by atoms with Gasteiger partial charge in [-0.3, -0.25) is 0 Å². The highest BCUT2D eigenvalue weighted by atomic mass is 19.1. The molecule has 0 amide bonds. The van der Waals surface area contributed by atoms with Crippen molar-refractivity contribution in [2.75, 3.05) is 0 Å². The van der Waals surface area contributed by atoms with Gasteiger partial charge in [0, 0.05) is 5.92 Å². The highest BCUT2D eigenvalue weighted by molar-refractivity contribution is 5.55. The number of hydrogen-bond donors (Lipinski definition) is 0. The van der Waals surface area contributed by atoms with Crippen LogP contribution < -0.4 is 0 Å². The Morgan fingerprint density at radius 3 is 2.00 bits per heavy atom. The Kier molecular flexibility index (Phi) is 3.70. The van der Waals surface area contributed by atoms with E-state index in [1.54, 1.807) is 0 Å². The summed E-state index contributed by atoms with van der Waals surface area (Å²) in [5.74, 6) is -0.0808. The van der Waals surface area contributed by atoms with Gasteiger partial charge in [0.25, 0.3) is 0 Å². The first-order valence-electron chi connectivity index (χ1n) is 4.02. The minimum atomic E-state index is -1.37. The molecule has 0 heterocycles. The molecular weight excluding hydrogens is 143 g/mol. The van der Waals surface area contributed by atoms with Crippen LogP contribution in [0.25, 0.3) is 0 Å². The largest absolute Gasteiger partial charge is 0.303 e. The minimum absolute atomic E-state index is 0.375. The molecule has 0 aliphatic rings. The molecule has 0 aromatic rings. The molecule has 0 N–H and O–H groups in total. The van der Waals surface area contributed by atoms with Gasteiger partial charge in [-0.15, -0.1) is 0 Å². The van der Waals surface area contributed by atoms with Crippen LogP contribution in [-0.2, 0) is 4.79 Å². The Hall–Kier alpha value is -0.400. The summed E-state index contributed by atoms with van der Waals surface area (Å²) in [4.78, 5) is 10.4. The van der Waals surface area contributed by atoms with Gasteiger partial charge in [-0.25, -0.2) is 4.39 Å². The standard InChI is InChI=1S/C9H17FO/c1-7(2)5-8(6-11)9(3,4)10/h6-8H,5H2,1-4H3. The Morgan fingerprint density at radius 2 is 1.91 bits per heavy atom. The van der Waals surface area contributed by atoms with Crippen molar-refractivity contribution in [3.05, 3.63) is 0 Å². The van der Waals surface area contributed by atoms with E-state index in [1.165, 1.54) is 13.8 Å². The first-order chi connectivity index (χ1) is 4.88. The third kappa shape index (κ3) is 4.12. The smallest absolute Gasteiger partial charge is 0.126 e. The van der Waals surface area contributed by atoms with E-state index in [9.17, 15) is 9.18 Å². The Morgan fingerprint density at radius 1 is 1.45 bits per heavy atom. The summed E-state index contributed by atoms with van der Waals surface area (Å²) < 4.78 is 13.2. The molecule has 0 radical (unpaired) electrons. The zero-order valence-electron chi connectivity index (χ0n) is 7.73. The average molecular weight is 160 g/mol. The molecule has 2 heteroatoms. The van der Waals surface area contributed by atoms with Gasteiger partial charge in [-0.1, -0.05) is 13.8 Å². The molecule has 66 valence electrons. The summed E-state index contributed by atoms with van der Waals surface area (Å²) in [6.07, 6.45) is 1.35.